The summed E-state index contributed by atoms with van der Waals surface area (Å²) in [6.45, 7) is 0.891. The van der Waals surface area contributed by atoms with E-state index in [2.05, 4.69) is 0 Å². The van der Waals surface area contributed by atoms with E-state index in [1.165, 1.54) is 0 Å². The van der Waals surface area contributed by atoms with Crippen molar-refractivity contribution in [3.63, 3.8) is 0 Å². The van der Waals surface area contributed by atoms with Gasteiger partial charge in [-0.3, -0.25) is 4.57 Å². The zero-order chi connectivity index (χ0) is 8.97. The van der Waals surface area contributed by atoms with Gasteiger partial charge in [-0.15, -0.1) is 0 Å². The lowest BCUT2D eigenvalue weighted by Gasteiger charge is -1.98. The molecule has 1 aromatic heterocycles. The predicted molar refractivity (Wildman–Crippen MR) is 46.0 cm³/mol. The summed E-state index contributed by atoms with van der Waals surface area (Å²) in [5.74, 6) is 0. The van der Waals surface area contributed by atoms with E-state index in [4.69, 9.17) is 5.11 Å². The first-order valence-electron chi connectivity index (χ1n) is 4.08. The van der Waals surface area contributed by atoms with Crippen LogP contribution in [0.4, 0.5) is 0 Å². The second-order valence-corrected chi connectivity index (χ2v) is 2.82. The summed E-state index contributed by atoms with van der Waals surface area (Å²) in [5.41, 5.74) is 0.00735. The van der Waals surface area contributed by atoms with Gasteiger partial charge in [-0.1, -0.05) is 0 Å². The smallest absolute Gasteiger partial charge is 0.327 e. The molecule has 0 spiro atoms. The summed E-state index contributed by atoms with van der Waals surface area (Å²) in [6, 6.07) is 0. The van der Waals surface area contributed by atoms with Crippen molar-refractivity contribution in [3.05, 3.63) is 22.9 Å². The van der Waals surface area contributed by atoms with Gasteiger partial charge in [0.25, 0.3) is 0 Å². The van der Waals surface area contributed by atoms with E-state index in [0.29, 0.717) is 6.54 Å². The zero-order valence-electron chi connectivity index (χ0n) is 7.23. The van der Waals surface area contributed by atoms with Gasteiger partial charge < -0.3 is 9.67 Å². The highest BCUT2D eigenvalue weighted by molar-refractivity contribution is 4.79. The molecular weight excluding hydrogens is 156 g/mol. The summed E-state index contributed by atoms with van der Waals surface area (Å²) >= 11 is 0. The molecule has 0 aromatic carbocycles. The highest BCUT2D eigenvalue weighted by atomic mass is 16.2. The van der Waals surface area contributed by atoms with E-state index in [1.54, 1.807) is 28.6 Å². The summed E-state index contributed by atoms with van der Waals surface area (Å²) in [5, 5.41) is 8.53. The molecule has 0 saturated carbocycles. The second-order valence-electron chi connectivity index (χ2n) is 2.82. The molecule has 0 fully saturated rings. The lowest BCUT2D eigenvalue weighted by molar-refractivity contribution is 0.281. The summed E-state index contributed by atoms with van der Waals surface area (Å²) < 4.78 is 3.19. The summed E-state index contributed by atoms with van der Waals surface area (Å²) in [6.07, 6.45) is 5.10. The monoisotopic (exact) mass is 170 g/mol. The fraction of sp³-hybridized carbons (Fsp3) is 0.625. The van der Waals surface area contributed by atoms with Crippen LogP contribution < -0.4 is 5.69 Å². The average Bonchev–Trinajstić information content (AvgIpc) is 2.36. The minimum Gasteiger partial charge on any atom is -0.396 e. The number of aliphatic hydroxyl groups excluding tert-OH is 1. The van der Waals surface area contributed by atoms with Crippen molar-refractivity contribution in [2.24, 2.45) is 7.05 Å². The maximum atomic E-state index is 11.2. The molecule has 0 aliphatic heterocycles. The molecule has 12 heavy (non-hydrogen) atoms. The largest absolute Gasteiger partial charge is 0.396 e. The zero-order valence-corrected chi connectivity index (χ0v) is 7.23. The fourth-order valence-electron chi connectivity index (χ4n) is 1.07. The van der Waals surface area contributed by atoms with Gasteiger partial charge in [-0.25, -0.2) is 4.79 Å². The normalized spacial score (nSPS) is 10.5. The molecule has 0 aliphatic carbocycles. The number of rotatable bonds is 4. The Bertz CT molecular complexity index is 287. The number of unbranched alkanes of at least 4 members (excludes halogenated alkanes) is 1. The third kappa shape index (κ3) is 1.98. The molecule has 4 heteroatoms. The van der Waals surface area contributed by atoms with Gasteiger partial charge in [-0.05, 0) is 12.8 Å². The van der Waals surface area contributed by atoms with Crippen LogP contribution in [-0.2, 0) is 13.6 Å². The van der Waals surface area contributed by atoms with Crippen molar-refractivity contribution in [1.82, 2.24) is 9.13 Å². The first-order chi connectivity index (χ1) is 5.75. The van der Waals surface area contributed by atoms with Crippen molar-refractivity contribution in [1.29, 1.82) is 0 Å². The second kappa shape index (κ2) is 4.11. The van der Waals surface area contributed by atoms with Crippen LogP contribution in [0.5, 0.6) is 0 Å². The van der Waals surface area contributed by atoms with E-state index < -0.39 is 0 Å². The van der Waals surface area contributed by atoms with E-state index in [9.17, 15) is 4.79 Å². The molecule has 68 valence electrons. The summed E-state index contributed by atoms with van der Waals surface area (Å²) in [7, 11) is 1.73. The lowest BCUT2D eigenvalue weighted by atomic mass is 10.3. The molecule has 0 unspecified atom stereocenters. The maximum Gasteiger partial charge on any atom is 0.327 e. The molecule has 0 atom stereocenters. The fourth-order valence-corrected chi connectivity index (χ4v) is 1.07. The number of nitrogens with zero attached hydrogens (tertiary/aromatic N) is 2. The van der Waals surface area contributed by atoms with Crippen LogP contribution in [0.2, 0.25) is 0 Å². The van der Waals surface area contributed by atoms with Crippen molar-refractivity contribution in [2.45, 2.75) is 19.4 Å². The molecule has 1 N–H and O–H groups in total. The van der Waals surface area contributed by atoms with Crippen molar-refractivity contribution in [3.8, 4) is 0 Å². The van der Waals surface area contributed by atoms with Gasteiger partial charge >= 0.3 is 5.69 Å². The minimum absolute atomic E-state index is 0.00735. The third-order valence-corrected chi connectivity index (χ3v) is 1.82. The van der Waals surface area contributed by atoms with E-state index in [1.807, 2.05) is 0 Å². The topological polar surface area (TPSA) is 47.2 Å². The van der Waals surface area contributed by atoms with Gasteiger partial charge in [0, 0.05) is 32.6 Å². The predicted octanol–water partition coefficient (Wildman–Crippen LogP) is -0.0407. The van der Waals surface area contributed by atoms with E-state index in [-0.39, 0.29) is 12.3 Å². The standard InChI is InChI=1S/C8H14N2O2/c1-9-5-6-10(8(9)12)4-2-3-7-11/h5-6,11H,2-4,7H2,1H3. The van der Waals surface area contributed by atoms with E-state index in [0.717, 1.165) is 12.8 Å². The Labute approximate surface area is 71.1 Å². The Morgan fingerprint density at radius 3 is 2.67 bits per heavy atom. The molecule has 0 saturated heterocycles. The Morgan fingerprint density at radius 2 is 2.17 bits per heavy atom. The SMILES string of the molecule is Cn1ccn(CCCCO)c1=O. The first-order valence-corrected chi connectivity index (χ1v) is 4.08. The van der Waals surface area contributed by atoms with Gasteiger partial charge in [0.1, 0.15) is 0 Å². The van der Waals surface area contributed by atoms with Gasteiger partial charge in [-0.2, -0.15) is 0 Å². The van der Waals surface area contributed by atoms with Crippen LogP contribution in [0.15, 0.2) is 17.2 Å². The Kier molecular flexibility index (Phi) is 3.10. The van der Waals surface area contributed by atoms with Crippen LogP contribution >= 0.6 is 0 Å². The molecule has 0 aliphatic rings. The quantitative estimate of drug-likeness (QED) is 0.644. The number of aryl methyl sites for hydroxylation is 2. The highest BCUT2D eigenvalue weighted by Crippen LogP contribution is 1.91. The molecule has 0 amide bonds. The molecule has 1 aromatic rings. The number of imidazole rings is 1. The number of hydrogen-bond donors (Lipinski definition) is 1. The lowest BCUT2D eigenvalue weighted by Crippen LogP contribution is -2.21. The number of aromatic nitrogens is 2. The third-order valence-electron chi connectivity index (χ3n) is 1.82. The van der Waals surface area contributed by atoms with Crippen molar-refractivity contribution < 1.29 is 5.11 Å². The first kappa shape index (κ1) is 9.06. The van der Waals surface area contributed by atoms with Crippen molar-refractivity contribution in [2.75, 3.05) is 6.61 Å². The van der Waals surface area contributed by atoms with Gasteiger partial charge in [0.2, 0.25) is 0 Å². The van der Waals surface area contributed by atoms with Crippen LogP contribution in [0.1, 0.15) is 12.8 Å². The molecular formula is C8H14N2O2. The highest BCUT2D eigenvalue weighted by Gasteiger charge is 1.97. The summed E-state index contributed by atoms with van der Waals surface area (Å²) in [4.78, 5) is 11.2. The number of hydrogen-bond acceptors (Lipinski definition) is 2. The molecule has 1 rings (SSSR count). The number of aliphatic hydroxyl groups is 1. The minimum atomic E-state index is 0.00735. The van der Waals surface area contributed by atoms with Gasteiger partial charge in [0.05, 0.1) is 0 Å². The molecule has 1 heterocycles. The Morgan fingerprint density at radius 1 is 1.42 bits per heavy atom. The van der Waals surface area contributed by atoms with Crippen LogP contribution in [0.25, 0.3) is 0 Å². The van der Waals surface area contributed by atoms with Crippen LogP contribution in [-0.4, -0.2) is 20.8 Å². The molecule has 0 bridgehead atoms. The van der Waals surface area contributed by atoms with Crippen LogP contribution in [0, 0.1) is 0 Å². The van der Waals surface area contributed by atoms with E-state index >= 15 is 0 Å². The Balaban J connectivity index is 2.52. The average molecular weight is 170 g/mol. The molecule has 0 radical (unpaired) electrons. The van der Waals surface area contributed by atoms with Gasteiger partial charge in [0.15, 0.2) is 0 Å². The Hall–Kier alpha value is -1.03. The maximum absolute atomic E-state index is 11.2. The van der Waals surface area contributed by atoms with Crippen molar-refractivity contribution >= 4 is 0 Å². The molecule has 4 nitrogen and oxygen atoms in total. The van der Waals surface area contributed by atoms with Crippen LogP contribution in [0.3, 0.4) is 0 Å².